The number of fused-ring (bicyclic) bond motifs is 1. The van der Waals surface area contributed by atoms with Crippen molar-refractivity contribution in [1.29, 1.82) is 0 Å². The molecule has 0 bridgehead atoms. The van der Waals surface area contributed by atoms with Crippen LogP contribution in [-0.4, -0.2) is 15.7 Å². The van der Waals surface area contributed by atoms with Gasteiger partial charge in [0.1, 0.15) is 0 Å². The van der Waals surface area contributed by atoms with Gasteiger partial charge in [0.25, 0.3) is 0 Å². The summed E-state index contributed by atoms with van der Waals surface area (Å²) in [7, 11) is 0. The van der Waals surface area contributed by atoms with Crippen LogP contribution in [0.25, 0.3) is 11.0 Å². The number of aromatic nitrogens is 2. The van der Waals surface area contributed by atoms with E-state index in [4.69, 9.17) is 5.73 Å². The summed E-state index contributed by atoms with van der Waals surface area (Å²) in [4.78, 5) is 13.1. The maximum absolute atomic E-state index is 12.8. The Morgan fingerprint density at radius 3 is 2.58 bits per heavy atom. The molecule has 1 heterocycles. The summed E-state index contributed by atoms with van der Waals surface area (Å²) in [6, 6.07) is 10.7. The van der Waals surface area contributed by atoms with Crippen LogP contribution in [0.15, 0.2) is 53.7 Å². The van der Waals surface area contributed by atoms with Crippen LogP contribution in [0, 0.1) is 0 Å². The fourth-order valence-electron chi connectivity index (χ4n) is 2.50. The van der Waals surface area contributed by atoms with E-state index in [0.717, 1.165) is 28.9 Å². The van der Waals surface area contributed by atoms with E-state index in [9.17, 15) is 13.2 Å². The summed E-state index contributed by atoms with van der Waals surface area (Å²) in [5.41, 5.74) is 8.42. The van der Waals surface area contributed by atoms with Crippen LogP contribution < -0.4 is 5.73 Å². The molecule has 7 heteroatoms. The van der Waals surface area contributed by atoms with Gasteiger partial charge in [0.15, 0.2) is 0 Å². The first kappa shape index (κ1) is 17.8. The van der Waals surface area contributed by atoms with Gasteiger partial charge in [0.05, 0.1) is 33.7 Å². The van der Waals surface area contributed by atoms with Gasteiger partial charge in [-0.15, -0.1) is 0 Å². The van der Waals surface area contributed by atoms with E-state index >= 15 is 0 Å². The number of anilines is 1. The molecule has 0 saturated heterocycles. The summed E-state index contributed by atoms with van der Waals surface area (Å²) in [5.74, 6) is 0. The van der Waals surface area contributed by atoms with Gasteiger partial charge in [-0.1, -0.05) is 12.1 Å². The Bertz CT molecular complexity index is 964. The third-order valence-corrected chi connectivity index (χ3v) is 3.91. The van der Waals surface area contributed by atoms with Crippen molar-refractivity contribution < 1.29 is 13.2 Å². The largest absolute Gasteiger partial charge is 0.416 e. The molecular weight excluding hydrogens is 341 g/mol. The van der Waals surface area contributed by atoms with Crippen molar-refractivity contribution in [2.24, 2.45) is 4.99 Å². The summed E-state index contributed by atoms with van der Waals surface area (Å²) in [6.45, 7) is 1.76. The maximum atomic E-state index is 12.8. The number of nitrogens with two attached hydrogens (primary N) is 1. The molecule has 0 radical (unpaired) electrons. The lowest BCUT2D eigenvalue weighted by Gasteiger charge is -2.09. The number of aliphatic imine (C=N–C) groups is 1. The van der Waals surface area contributed by atoms with Gasteiger partial charge in [-0.3, -0.25) is 9.98 Å². The Balaban J connectivity index is 1.75. The minimum atomic E-state index is -4.42. The molecule has 0 fully saturated rings. The lowest BCUT2D eigenvalue weighted by atomic mass is 10.1. The number of rotatable bonds is 4. The van der Waals surface area contributed by atoms with Gasteiger partial charge in [0.2, 0.25) is 0 Å². The van der Waals surface area contributed by atoms with Crippen molar-refractivity contribution in [3.8, 4) is 0 Å². The molecule has 0 aliphatic heterocycles. The number of aryl methyl sites for hydroxylation is 1. The Morgan fingerprint density at radius 2 is 1.85 bits per heavy atom. The van der Waals surface area contributed by atoms with Gasteiger partial charge < -0.3 is 5.73 Å². The predicted octanol–water partition coefficient (Wildman–Crippen LogP) is 4.96. The summed E-state index contributed by atoms with van der Waals surface area (Å²) in [6.07, 6.45) is -1.59. The first-order valence-electron chi connectivity index (χ1n) is 8.04. The first-order chi connectivity index (χ1) is 12.3. The molecule has 4 nitrogen and oxygen atoms in total. The molecule has 0 aliphatic carbocycles. The Morgan fingerprint density at radius 1 is 1.12 bits per heavy atom. The monoisotopic (exact) mass is 358 g/mol. The molecule has 0 unspecified atom stereocenters. The second-order valence-corrected chi connectivity index (χ2v) is 5.97. The normalized spacial score (nSPS) is 12.5. The highest BCUT2D eigenvalue weighted by atomic mass is 19.4. The topological polar surface area (TPSA) is 64.2 Å². The number of halogens is 3. The van der Waals surface area contributed by atoms with Crippen LogP contribution in [0.4, 0.5) is 24.5 Å². The van der Waals surface area contributed by atoms with Crippen LogP contribution in [0.5, 0.6) is 0 Å². The molecule has 0 saturated carbocycles. The summed E-state index contributed by atoms with van der Waals surface area (Å²) >= 11 is 0. The molecule has 0 aliphatic rings. The zero-order chi connectivity index (χ0) is 18.7. The second kappa shape index (κ2) is 7.11. The van der Waals surface area contributed by atoms with Crippen molar-refractivity contribution in [2.75, 3.05) is 5.73 Å². The fraction of sp³-hybridized carbons (Fsp3) is 0.211. The van der Waals surface area contributed by atoms with Gasteiger partial charge in [-0.25, -0.2) is 4.98 Å². The zero-order valence-electron chi connectivity index (χ0n) is 14.1. The van der Waals surface area contributed by atoms with E-state index in [1.807, 2.05) is 24.3 Å². The number of nitrogens with zero attached hydrogens (tertiary/aromatic N) is 3. The molecule has 26 heavy (non-hydrogen) atoms. The molecular formula is C19H17F3N4. The van der Waals surface area contributed by atoms with E-state index in [1.165, 1.54) is 6.07 Å². The molecule has 2 N–H and O–H groups in total. The van der Waals surface area contributed by atoms with Gasteiger partial charge in [-0.2, -0.15) is 13.2 Å². The third-order valence-electron chi connectivity index (χ3n) is 3.91. The molecule has 3 aromatic rings. The third kappa shape index (κ3) is 4.17. The Hall–Kier alpha value is -2.96. The lowest BCUT2D eigenvalue weighted by molar-refractivity contribution is -0.137. The quantitative estimate of drug-likeness (QED) is 0.530. The van der Waals surface area contributed by atoms with E-state index < -0.39 is 11.7 Å². The molecule has 134 valence electrons. The minimum absolute atomic E-state index is 0.127. The average Bonchev–Trinajstić information content (AvgIpc) is 2.60. The highest BCUT2D eigenvalue weighted by Crippen LogP contribution is 2.34. The van der Waals surface area contributed by atoms with Gasteiger partial charge in [0, 0.05) is 11.9 Å². The molecule has 0 spiro atoms. The molecule has 2 aromatic carbocycles. The van der Waals surface area contributed by atoms with E-state index in [-0.39, 0.29) is 11.4 Å². The average molecular weight is 358 g/mol. The standard InChI is InChI=1S/C19H17F3N4/c1-12(25-18-10-13(19(20,21)22)7-9-15(18)23)6-8-14-11-24-16-4-2-3-5-17(16)26-14/h2-5,7,9-11H,6,8,23H2,1H3/b25-12+. The molecule has 0 amide bonds. The number of para-hydroxylation sites is 2. The SMILES string of the molecule is C/C(CCc1cnc2ccccc2n1)=N\c1cc(C(F)(F)F)ccc1N. The minimum Gasteiger partial charge on any atom is -0.397 e. The highest BCUT2D eigenvalue weighted by Gasteiger charge is 2.30. The first-order valence-corrected chi connectivity index (χ1v) is 8.04. The number of hydrogen-bond acceptors (Lipinski definition) is 4. The van der Waals surface area contributed by atoms with Crippen LogP contribution in [0.1, 0.15) is 24.6 Å². The van der Waals surface area contributed by atoms with Gasteiger partial charge in [-0.05, 0) is 50.1 Å². The van der Waals surface area contributed by atoms with Crippen LogP contribution in [0.3, 0.4) is 0 Å². The number of benzene rings is 2. The fourth-order valence-corrected chi connectivity index (χ4v) is 2.50. The van der Waals surface area contributed by atoms with E-state index in [2.05, 4.69) is 15.0 Å². The number of alkyl halides is 3. The predicted molar refractivity (Wildman–Crippen MR) is 96.5 cm³/mol. The molecule has 0 atom stereocenters. The van der Waals surface area contributed by atoms with Crippen molar-refractivity contribution in [3.63, 3.8) is 0 Å². The van der Waals surface area contributed by atoms with Crippen LogP contribution >= 0.6 is 0 Å². The summed E-state index contributed by atoms with van der Waals surface area (Å²) < 4.78 is 38.5. The smallest absolute Gasteiger partial charge is 0.397 e. The van der Waals surface area contributed by atoms with Gasteiger partial charge >= 0.3 is 6.18 Å². The zero-order valence-corrected chi connectivity index (χ0v) is 14.1. The highest BCUT2D eigenvalue weighted by molar-refractivity contribution is 5.86. The van der Waals surface area contributed by atoms with Crippen molar-refractivity contribution >= 4 is 28.1 Å². The van der Waals surface area contributed by atoms with E-state index in [1.54, 1.807) is 13.1 Å². The Labute approximate surface area is 148 Å². The molecule has 1 aromatic heterocycles. The van der Waals surface area contributed by atoms with Crippen molar-refractivity contribution in [1.82, 2.24) is 9.97 Å². The Kier molecular flexibility index (Phi) is 4.88. The molecule has 3 rings (SSSR count). The van der Waals surface area contributed by atoms with Crippen molar-refractivity contribution in [2.45, 2.75) is 25.9 Å². The van der Waals surface area contributed by atoms with Crippen LogP contribution in [0.2, 0.25) is 0 Å². The summed E-state index contributed by atoms with van der Waals surface area (Å²) in [5, 5.41) is 0. The van der Waals surface area contributed by atoms with Crippen molar-refractivity contribution in [3.05, 3.63) is 59.9 Å². The number of nitrogen functional groups attached to an aromatic ring is 1. The lowest BCUT2D eigenvalue weighted by Crippen LogP contribution is -2.05. The number of hydrogen-bond donors (Lipinski definition) is 1. The van der Waals surface area contributed by atoms with E-state index in [0.29, 0.717) is 18.6 Å². The second-order valence-electron chi connectivity index (χ2n) is 5.97. The van der Waals surface area contributed by atoms with Crippen LogP contribution in [-0.2, 0) is 12.6 Å². The maximum Gasteiger partial charge on any atom is 0.416 e.